The summed E-state index contributed by atoms with van der Waals surface area (Å²) in [6.07, 6.45) is 1.73. The third-order valence-electron chi connectivity index (χ3n) is 1.35. The standard InChI is InChI=1S/C5H10ClNO/c6-7-3-1-2-5(8)4-7/h5,8H,1-4H2/t5-/m1/s1. The molecule has 1 heterocycles. The van der Waals surface area contributed by atoms with E-state index >= 15 is 0 Å². The minimum Gasteiger partial charge on any atom is -0.392 e. The van der Waals surface area contributed by atoms with E-state index in [1.54, 1.807) is 4.42 Å². The van der Waals surface area contributed by atoms with Crippen molar-refractivity contribution in [2.75, 3.05) is 13.1 Å². The Hall–Kier alpha value is 0.210. The third-order valence-corrected chi connectivity index (χ3v) is 1.65. The quantitative estimate of drug-likeness (QED) is 0.492. The average molecular weight is 136 g/mol. The predicted octanol–water partition coefficient (Wildman–Crippen LogP) is 0.597. The first-order chi connectivity index (χ1) is 3.79. The van der Waals surface area contributed by atoms with Gasteiger partial charge in [0.1, 0.15) is 0 Å². The molecule has 8 heavy (non-hydrogen) atoms. The molecule has 1 atom stereocenters. The Morgan fingerprint density at radius 3 is 2.75 bits per heavy atom. The van der Waals surface area contributed by atoms with Gasteiger partial charge in [-0.15, -0.1) is 0 Å². The van der Waals surface area contributed by atoms with Crippen LogP contribution < -0.4 is 0 Å². The fraction of sp³-hybridized carbons (Fsp3) is 1.00. The first-order valence-electron chi connectivity index (χ1n) is 2.88. The highest BCUT2D eigenvalue weighted by atomic mass is 35.5. The molecule has 0 spiro atoms. The van der Waals surface area contributed by atoms with Gasteiger partial charge in [0, 0.05) is 13.1 Å². The molecule has 0 bridgehead atoms. The van der Waals surface area contributed by atoms with E-state index in [2.05, 4.69) is 0 Å². The Morgan fingerprint density at radius 2 is 2.38 bits per heavy atom. The number of hydrogen-bond acceptors (Lipinski definition) is 2. The van der Waals surface area contributed by atoms with Gasteiger partial charge in [0.15, 0.2) is 0 Å². The lowest BCUT2D eigenvalue weighted by Gasteiger charge is -2.23. The second kappa shape index (κ2) is 2.67. The summed E-state index contributed by atoms with van der Waals surface area (Å²) in [6, 6.07) is 0. The topological polar surface area (TPSA) is 23.5 Å². The molecule has 1 fully saturated rings. The van der Waals surface area contributed by atoms with Crippen LogP contribution in [0.25, 0.3) is 0 Å². The van der Waals surface area contributed by atoms with Gasteiger partial charge in [-0.05, 0) is 24.6 Å². The Balaban J connectivity index is 2.23. The number of aliphatic hydroxyl groups excluding tert-OH is 1. The summed E-state index contributed by atoms with van der Waals surface area (Å²) in [5.74, 6) is 0. The number of halogens is 1. The van der Waals surface area contributed by atoms with Gasteiger partial charge >= 0.3 is 0 Å². The van der Waals surface area contributed by atoms with Crippen molar-refractivity contribution in [2.45, 2.75) is 18.9 Å². The minimum absolute atomic E-state index is 0.193. The summed E-state index contributed by atoms with van der Waals surface area (Å²) >= 11 is 5.58. The molecule has 0 amide bonds. The van der Waals surface area contributed by atoms with E-state index in [1.807, 2.05) is 0 Å². The second-order valence-corrected chi connectivity index (χ2v) is 2.64. The molecule has 1 rings (SSSR count). The lowest BCUT2D eigenvalue weighted by Crippen LogP contribution is -2.31. The molecule has 0 aromatic carbocycles. The maximum absolute atomic E-state index is 8.95. The van der Waals surface area contributed by atoms with Crippen molar-refractivity contribution in [1.82, 2.24) is 4.42 Å². The van der Waals surface area contributed by atoms with Crippen LogP contribution in [0.4, 0.5) is 0 Å². The molecule has 0 aromatic heterocycles. The molecule has 0 radical (unpaired) electrons. The van der Waals surface area contributed by atoms with Crippen molar-refractivity contribution in [2.24, 2.45) is 0 Å². The Kier molecular flexibility index (Phi) is 2.11. The van der Waals surface area contributed by atoms with Crippen LogP contribution in [0, 0.1) is 0 Å². The maximum Gasteiger partial charge on any atom is 0.0680 e. The molecular weight excluding hydrogens is 126 g/mol. The molecule has 0 aliphatic carbocycles. The van der Waals surface area contributed by atoms with Gasteiger partial charge in [-0.3, -0.25) is 0 Å². The van der Waals surface area contributed by atoms with E-state index in [9.17, 15) is 0 Å². The van der Waals surface area contributed by atoms with Crippen molar-refractivity contribution in [3.63, 3.8) is 0 Å². The van der Waals surface area contributed by atoms with Gasteiger partial charge in [-0.25, -0.2) is 4.42 Å². The highest BCUT2D eigenvalue weighted by Crippen LogP contribution is 2.10. The number of rotatable bonds is 0. The van der Waals surface area contributed by atoms with Crippen LogP contribution in [0.15, 0.2) is 0 Å². The van der Waals surface area contributed by atoms with Gasteiger partial charge in [0.25, 0.3) is 0 Å². The molecule has 48 valence electrons. The molecular formula is C5H10ClNO. The largest absolute Gasteiger partial charge is 0.392 e. The number of nitrogens with zero attached hydrogens (tertiary/aromatic N) is 1. The summed E-state index contributed by atoms with van der Waals surface area (Å²) in [7, 11) is 0. The maximum atomic E-state index is 8.95. The SMILES string of the molecule is O[C@@H]1CCCN(Cl)C1. The van der Waals surface area contributed by atoms with Crippen LogP contribution in [0.5, 0.6) is 0 Å². The fourth-order valence-electron chi connectivity index (χ4n) is 0.910. The number of hydrogen-bond donors (Lipinski definition) is 1. The normalized spacial score (nSPS) is 33.0. The lowest BCUT2D eigenvalue weighted by molar-refractivity contribution is 0.109. The average Bonchev–Trinajstić information content (AvgIpc) is 1.64. The van der Waals surface area contributed by atoms with Crippen molar-refractivity contribution in [1.29, 1.82) is 0 Å². The molecule has 1 N–H and O–H groups in total. The lowest BCUT2D eigenvalue weighted by atomic mass is 10.1. The molecule has 1 aliphatic heterocycles. The molecule has 1 aliphatic rings. The van der Waals surface area contributed by atoms with Crippen LogP contribution in [0.2, 0.25) is 0 Å². The van der Waals surface area contributed by atoms with Crippen molar-refractivity contribution < 1.29 is 5.11 Å². The van der Waals surface area contributed by atoms with Crippen LogP contribution in [-0.4, -0.2) is 28.7 Å². The molecule has 3 heteroatoms. The Morgan fingerprint density at radius 1 is 1.62 bits per heavy atom. The van der Waals surface area contributed by atoms with Gasteiger partial charge in [0.05, 0.1) is 6.10 Å². The number of aliphatic hydroxyl groups is 1. The van der Waals surface area contributed by atoms with Gasteiger partial charge < -0.3 is 5.11 Å². The van der Waals surface area contributed by atoms with Crippen LogP contribution in [0.1, 0.15) is 12.8 Å². The summed E-state index contributed by atoms with van der Waals surface area (Å²) < 4.78 is 1.63. The van der Waals surface area contributed by atoms with Crippen LogP contribution in [0.3, 0.4) is 0 Å². The minimum atomic E-state index is -0.193. The zero-order chi connectivity index (χ0) is 5.98. The molecule has 2 nitrogen and oxygen atoms in total. The van der Waals surface area contributed by atoms with Crippen molar-refractivity contribution >= 4 is 11.8 Å². The monoisotopic (exact) mass is 135 g/mol. The van der Waals surface area contributed by atoms with Crippen molar-refractivity contribution in [3.05, 3.63) is 0 Å². The molecule has 1 saturated heterocycles. The highest BCUT2D eigenvalue weighted by Gasteiger charge is 2.14. The summed E-state index contributed by atoms with van der Waals surface area (Å²) in [4.78, 5) is 0. The van der Waals surface area contributed by atoms with E-state index < -0.39 is 0 Å². The van der Waals surface area contributed by atoms with E-state index in [1.165, 1.54) is 0 Å². The summed E-state index contributed by atoms with van der Waals surface area (Å²) in [5.41, 5.74) is 0. The van der Waals surface area contributed by atoms with Gasteiger partial charge in [-0.2, -0.15) is 0 Å². The third kappa shape index (κ3) is 1.62. The van der Waals surface area contributed by atoms with E-state index in [-0.39, 0.29) is 6.10 Å². The summed E-state index contributed by atoms with van der Waals surface area (Å²) in [5, 5.41) is 8.95. The van der Waals surface area contributed by atoms with Crippen LogP contribution >= 0.6 is 11.8 Å². The zero-order valence-corrected chi connectivity index (χ0v) is 5.43. The van der Waals surface area contributed by atoms with E-state index in [0.717, 1.165) is 19.4 Å². The highest BCUT2D eigenvalue weighted by molar-refractivity contribution is 6.13. The number of β-amino-alcohol motifs (C(OH)–C–C–N with tert-alkyl or cyclic N) is 1. The summed E-state index contributed by atoms with van der Waals surface area (Å²) in [6.45, 7) is 1.54. The first kappa shape index (κ1) is 6.33. The molecule has 0 aromatic rings. The van der Waals surface area contributed by atoms with E-state index in [4.69, 9.17) is 16.9 Å². The zero-order valence-electron chi connectivity index (χ0n) is 4.68. The number of piperidine rings is 1. The second-order valence-electron chi connectivity index (χ2n) is 2.16. The van der Waals surface area contributed by atoms with Gasteiger partial charge in [0.2, 0.25) is 0 Å². The Bertz CT molecular complexity index is 70.8. The molecule has 0 unspecified atom stereocenters. The van der Waals surface area contributed by atoms with Crippen molar-refractivity contribution in [3.8, 4) is 0 Å². The van der Waals surface area contributed by atoms with E-state index in [0.29, 0.717) is 6.54 Å². The van der Waals surface area contributed by atoms with Gasteiger partial charge in [-0.1, -0.05) is 0 Å². The molecule has 0 saturated carbocycles. The fourth-order valence-corrected chi connectivity index (χ4v) is 1.19. The predicted molar refractivity (Wildman–Crippen MR) is 32.7 cm³/mol. The Labute approximate surface area is 54.2 Å². The smallest absolute Gasteiger partial charge is 0.0680 e. The van der Waals surface area contributed by atoms with Crippen LogP contribution in [-0.2, 0) is 0 Å². The first-order valence-corrected chi connectivity index (χ1v) is 3.21.